The number of carbonyl (C=O) groups is 3. The van der Waals surface area contributed by atoms with Crippen molar-refractivity contribution in [1.82, 2.24) is 15.3 Å². The van der Waals surface area contributed by atoms with Gasteiger partial charge >= 0.3 is 11.9 Å². The van der Waals surface area contributed by atoms with E-state index in [1.54, 1.807) is 19.2 Å². The lowest BCUT2D eigenvalue weighted by Gasteiger charge is -2.35. The number of nitrogens with zero attached hydrogens (tertiary/aromatic N) is 2. The van der Waals surface area contributed by atoms with E-state index in [0.717, 1.165) is 5.69 Å². The van der Waals surface area contributed by atoms with Crippen LogP contribution in [0, 0.1) is 0 Å². The molecule has 2 heterocycles. The third-order valence-corrected chi connectivity index (χ3v) is 6.58. The number of nitrogen functional groups attached to an aromatic ring is 1. The number of aliphatic carboxylic acids is 2. The Hall–Kier alpha value is -5.11. The minimum absolute atomic E-state index is 0.0388. The van der Waals surface area contributed by atoms with E-state index in [0.29, 0.717) is 24.6 Å². The topological polar surface area (TPSA) is 229 Å². The zero-order chi connectivity index (χ0) is 30.8. The van der Waals surface area contributed by atoms with E-state index in [1.807, 2.05) is 42.2 Å². The summed E-state index contributed by atoms with van der Waals surface area (Å²) in [4.78, 5) is 54.9. The average molecular weight is 581 g/mol. The van der Waals surface area contributed by atoms with E-state index >= 15 is 0 Å². The second kappa shape index (κ2) is 14.5. The van der Waals surface area contributed by atoms with Crippen LogP contribution >= 0.6 is 0 Å². The third kappa shape index (κ3) is 8.69. The highest BCUT2D eigenvalue weighted by Gasteiger charge is 2.27. The van der Waals surface area contributed by atoms with E-state index < -0.39 is 23.9 Å². The number of nitrogens with one attached hydrogen (secondary N) is 4. The van der Waals surface area contributed by atoms with Crippen LogP contribution in [0.25, 0.3) is 0 Å². The van der Waals surface area contributed by atoms with Crippen LogP contribution in [0.15, 0.2) is 59.4 Å². The minimum atomic E-state index is -1.30. The van der Waals surface area contributed by atoms with Crippen LogP contribution < -0.4 is 37.9 Å². The number of nitrogens with two attached hydrogens (primary N) is 2. The highest BCUT2D eigenvalue weighted by molar-refractivity contribution is 5.97. The summed E-state index contributed by atoms with van der Waals surface area (Å²) >= 11 is 0. The molecular formula is C28H36N8O6. The Balaban J connectivity index is 0.000000458. The van der Waals surface area contributed by atoms with Gasteiger partial charge in [-0.3, -0.25) is 19.4 Å². The number of amides is 1. The number of carboxylic acid groups (broad SMARTS) is 2. The summed E-state index contributed by atoms with van der Waals surface area (Å²) < 4.78 is 0. The van der Waals surface area contributed by atoms with Crippen LogP contribution in [0.5, 0.6) is 0 Å². The lowest BCUT2D eigenvalue weighted by Crippen LogP contribution is -2.48. The molecular weight excluding hydrogens is 544 g/mol. The quantitative estimate of drug-likeness (QED) is 0.170. The zero-order valence-electron chi connectivity index (χ0n) is 23.3. The number of aromatic nitrogens is 2. The summed E-state index contributed by atoms with van der Waals surface area (Å²) in [5.74, 6) is -2.59. The van der Waals surface area contributed by atoms with Crippen molar-refractivity contribution >= 4 is 41.0 Å². The standard InChI is InChI=1S/C20H25N7O6.C8H11N/c1-27-12(9-23-16-15(27)18(31)26-20(21)25-16)8-22-11-4-2-10(3-5-11)17(30)24-13(19(32)33)6-7-14(28)29;1-7(9)8-5-3-2-4-6-8/h2-5,12-13,22H,6-9H2,1H3,(H,24,30)(H,28,29)(H,32,33)(H4,21,23,25,26,31);2-7H,9H2,1H3/t12-,13?;7-/m10/s1. The first-order valence-corrected chi connectivity index (χ1v) is 13.2. The van der Waals surface area contributed by atoms with E-state index in [9.17, 15) is 24.3 Å². The second-order valence-corrected chi connectivity index (χ2v) is 9.75. The molecule has 224 valence electrons. The molecule has 1 unspecified atom stereocenters. The number of carboxylic acids is 2. The molecule has 42 heavy (non-hydrogen) atoms. The molecule has 14 heteroatoms. The van der Waals surface area contributed by atoms with Crippen LogP contribution in [0.2, 0.25) is 0 Å². The molecule has 1 aromatic heterocycles. The van der Waals surface area contributed by atoms with Crippen LogP contribution in [0.3, 0.4) is 0 Å². The number of likely N-dealkylation sites (N-methyl/N-ethyl adjacent to an activating group) is 1. The summed E-state index contributed by atoms with van der Waals surface area (Å²) in [6.45, 7) is 2.99. The van der Waals surface area contributed by atoms with Gasteiger partial charge in [-0.15, -0.1) is 0 Å². The van der Waals surface area contributed by atoms with Crippen molar-refractivity contribution in [3.8, 4) is 0 Å². The molecule has 1 aliphatic rings. The Morgan fingerprint density at radius 3 is 2.36 bits per heavy atom. The number of H-pyrrole nitrogens is 1. The first kappa shape index (κ1) is 31.4. The summed E-state index contributed by atoms with van der Waals surface area (Å²) in [5.41, 5.74) is 13.4. The summed E-state index contributed by atoms with van der Waals surface area (Å²) in [6, 6.07) is 15.2. The monoisotopic (exact) mass is 580 g/mol. The molecule has 0 saturated carbocycles. The number of anilines is 4. The van der Waals surface area contributed by atoms with Crippen molar-refractivity contribution in [3.05, 3.63) is 76.1 Å². The fourth-order valence-electron chi connectivity index (χ4n) is 4.18. The van der Waals surface area contributed by atoms with Gasteiger partial charge in [-0.05, 0) is 43.2 Å². The fraction of sp³-hybridized carbons (Fsp3) is 0.321. The SMILES string of the molecule is CN1c2c(nc(N)[nH]c2=O)NC[C@H]1CNc1ccc(C(=O)NC(CCC(=O)O)C(=O)O)cc1.C[C@H](N)c1ccccc1. The Kier molecular flexibility index (Phi) is 10.8. The maximum atomic E-state index is 12.3. The molecule has 1 aliphatic heterocycles. The summed E-state index contributed by atoms with van der Waals surface area (Å²) in [7, 11) is 1.79. The number of rotatable bonds is 10. The predicted molar refractivity (Wildman–Crippen MR) is 160 cm³/mol. The van der Waals surface area contributed by atoms with Crippen LogP contribution in [-0.4, -0.2) is 70.2 Å². The van der Waals surface area contributed by atoms with Gasteiger partial charge in [-0.1, -0.05) is 30.3 Å². The molecule has 3 atom stereocenters. The van der Waals surface area contributed by atoms with Gasteiger partial charge < -0.3 is 42.5 Å². The Labute approximate surface area is 242 Å². The number of hydrogen-bond acceptors (Lipinski definition) is 10. The lowest BCUT2D eigenvalue weighted by molar-refractivity contribution is -0.140. The molecule has 3 aromatic rings. The normalized spacial score (nSPS) is 15.1. The van der Waals surface area contributed by atoms with Crippen molar-refractivity contribution in [2.75, 3.05) is 41.4 Å². The average Bonchev–Trinajstić information content (AvgIpc) is 2.95. The van der Waals surface area contributed by atoms with Gasteiger partial charge in [-0.2, -0.15) is 4.98 Å². The first-order chi connectivity index (χ1) is 20.0. The maximum Gasteiger partial charge on any atom is 0.326 e. The smallest absolute Gasteiger partial charge is 0.326 e. The molecule has 4 rings (SSSR count). The molecule has 1 amide bonds. The summed E-state index contributed by atoms with van der Waals surface area (Å²) in [5, 5.41) is 26.6. The van der Waals surface area contributed by atoms with Gasteiger partial charge in [0, 0.05) is 43.9 Å². The predicted octanol–water partition coefficient (Wildman–Crippen LogP) is 1.45. The van der Waals surface area contributed by atoms with Gasteiger partial charge in [0.25, 0.3) is 11.5 Å². The minimum Gasteiger partial charge on any atom is -0.481 e. The van der Waals surface area contributed by atoms with Crippen LogP contribution in [0.1, 0.15) is 41.7 Å². The Bertz CT molecular complexity index is 1430. The number of benzene rings is 2. The molecule has 0 spiro atoms. The van der Waals surface area contributed by atoms with Crippen molar-refractivity contribution in [1.29, 1.82) is 0 Å². The molecule has 2 aromatic carbocycles. The number of carbonyl (C=O) groups excluding carboxylic acids is 1. The number of fused-ring (bicyclic) bond motifs is 1. The number of hydrogen-bond donors (Lipinski definition) is 8. The van der Waals surface area contributed by atoms with E-state index in [1.165, 1.54) is 17.7 Å². The number of aromatic amines is 1. The highest BCUT2D eigenvalue weighted by Crippen LogP contribution is 2.25. The third-order valence-electron chi connectivity index (χ3n) is 6.58. The fourth-order valence-corrected chi connectivity index (χ4v) is 4.18. The second-order valence-electron chi connectivity index (χ2n) is 9.75. The van der Waals surface area contributed by atoms with Crippen molar-refractivity contribution in [3.63, 3.8) is 0 Å². The Morgan fingerprint density at radius 2 is 1.79 bits per heavy atom. The van der Waals surface area contributed by atoms with E-state index in [4.69, 9.17) is 16.6 Å². The molecule has 0 radical (unpaired) electrons. The van der Waals surface area contributed by atoms with Gasteiger partial charge in [0.05, 0.1) is 6.04 Å². The van der Waals surface area contributed by atoms with Crippen molar-refractivity contribution < 1.29 is 24.6 Å². The first-order valence-electron chi connectivity index (χ1n) is 13.2. The lowest BCUT2D eigenvalue weighted by atomic mass is 10.1. The van der Waals surface area contributed by atoms with Crippen molar-refractivity contribution in [2.24, 2.45) is 5.73 Å². The van der Waals surface area contributed by atoms with E-state index in [-0.39, 0.29) is 42.0 Å². The Morgan fingerprint density at radius 1 is 1.12 bits per heavy atom. The van der Waals surface area contributed by atoms with Crippen molar-refractivity contribution in [2.45, 2.75) is 37.9 Å². The zero-order valence-corrected chi connectivity index (χ0v) is 23.3. The van der Waals surface area contributed by atoms with Gasteiger partial charge in [0.2, 0.25) is 5.95 Å². The van der Waals surface area contributed by atoms with Crippen LogP contribution in [-0.2, 0) is 9.59 Å². The maximum absolute atomic E-state index is 12.3. The van der Waals surface area contributed by atoms with Crippen LogP contribution in [0.4, 0.5) is 23.1 Å². The van der Waals surface area contributed by atoms with Gasteiger partial charge in [0.15, 0.2) is 5.82 Å². The molecule has 10 N–H and O–H groups in total. The van der Waals surface area contributed by atoms with Gasteiger partial charge in [0.1, 0.15) is 11.7 Å². The van der Waals surface area contributed by atoms with E-state index in [2.05, 4.69) is 25.9 Å². The van der Waals surface area contributed by atoms with Gasteiger partial charge in [-0.25, -0.2) is 4.79 Å². The largest absolute Gasteiger partial charge is 0.481 e. The highest BCUT2D eigenvalue weighted by atomic mass is 16.4. The molecule has 0 saturated heterocycles. The molecule has 0 bridgehead atoms. The molecule has 14 nitrogen and oxygen atoms in total. The summed E-state index contributed by atoms with van der Waals surface area (Å²) in [6.07, 6.45) is -0.586. The molecule has 0 fully saturated rings. The molecule has 0 aliphatic carbocycles.